The zero-order chi connectivity index (χ0) is 14.3. The third-order valence-electron chi connectivity index (χ3n) is 5.44. The van der Waals surface area contributed by atoms with E-state index in [4.69, 9.17) is 4.74 Å². The molecule has 2 fully saturated rings. The molecule has 2 nitrogen and oxygen atoms in total. The van der Waals surface area contributed by atoms with Crippen molar-refractivity contribution in [3.63, 3.8) is 0 Å². The molecular weight excluding hydrogens is 236 g/mol. The topological polar surface area (TPSA) is 26.3 Å². The first-order chi connectivity index (χ1) is 8.79. The average molecular weight is 266 g/mol. The number of esters is 1. The summed E-state index contributed by atoms with van der Waals surface area (Å²) in [5.74, 6) is 1.95. The smallest absolute Gasteiger partial charge is 0.311 e. The van der Waals surface area contributed by atoms with E-state index in [9.17, 15) is 4.79 Å². The number of carbonyl (C=O) groups excluding carboxylic acids is 1. The molecule has 2 aliphatic carbocycles. The van der Waals surface area contributed by atoms with Gasteiger partial charge in [-0.2, -0.15) is 0 Å². The standard InChI is InChI=1S/C17H30O2/c1-6-17(19-15(18)16(3,4)5)12(2)10-13-8-7-9-14(17)11-13/h12-14H,6-11H2,1-5H3. The summed E-state index contributed by atoms with van der Waals surface area (Å²) in [6.07, 6.45) is 7.42. The second-order valence-electron chi connectivity index (χ2n) is 7.81. The molecule has 0 radical (unpaired) electrons. The van der Waals surface area contributed by atoms with Crippen molar-refractivity contribution in [3.05, 3.63) is 0 Å². The van der Waals surface area contributed by atoms with Crippen LogP contribution in [0.15, 0.2) is 0 Å². The van der Waals surface area contributed by atoms with Crippen LogP contribution in [0.5, 0.6) is 0 Å². The minimum atomic E-state index is -0.395. The maximum absolute atomic E-state index is 12.4. The van der Waals surface area contributed by atoms with Gasteiger partial charge < -0.3 is 4.74 Å². The lowest BCUT2D eigenvalue weighted by atomic mass is 9.59. The summed E-state index contributed by atoms with van der Waals surface area (Å²) in [6.45, 7) is 10.4. The lowest BCUT2D eigenvalue weighted by Gasteiger charge is -2.52. The Kier molecular flexibility index (Phi) is 3.99. The molecule has 4 atom stereocenters. The lowest BCUT2D eigenvalue weighted by Crippen LogP contribution is -2.54. The second kappa shape index (κ2) is 5.10. The Balaban J connectivity index is 2.22. The molecule has 19 heavy (non-hydrogen) atoms. The normalized spacial score (nSPS) is 38.9. The van der Waals surface area contributed by atoms with E-state index in [0.717, 1.165) is 12.3 Å². The van der Waals surface area contributed by atoms with Gasteiger partial charge in [-0.15, -0.1) is 0 Å². The third kappa shape index (κ3) is 2.68. The van der Waals surface area contributed by atoms with Crippen LogP contribution in [0.4, 0.5) is 0 Å². The SMILES string of the molecule is CCC1(OC(=O)C(C)(C)C)C(C)CC2CCCC1C2. The molecule has 2 saturated carbocycles. The highest BCUT2D eigenvalue weighted by Gasteiger charge is 2.51. The minimum absolute atomic E-state index is 0.0229. The Morgan fingerprint density at radius 1 is 1.26 bits per heavy atom. The van der Waals surface area contributed by atoms with Crippen LogP contribution in [0.1, 0.15) is 73.1 Å². The van der Waals surface area contributed by atoms with Gasteiger partial charge in [0.1, 0.15) is 5.60 Å². The van der Waals surface area contributed by atoms with Crippen molar-refractivity contribution in [2.45, 2.75) is 78.7 Å². The molecule has 2 bridgehead atoms. The Morgan fingerprint density at radius 3 is 2.53 bits per heavy atom. The van der Waals surface area contributed by atoms with Crippen LogP contribution >= 0.6 is 0 Å². The van der Waals surface area contributed by atoms with E-state index in [1.807, 2.05) is 20.8 Å². The van der Waals surface area contributed by atoms with Gasteiger partial charge in [-0.25, -0.2) is 0 Å². The molecular formula is C17H30O2. The van der Waals surface area contributed by atoms with Crippen molar-refractivity contribution in [1.29, 1.82) is 0 Å². The summed E-state index contributed by atoms with van der Waals surface area (Å²) in [4.78, 5) is 12.4. The molecule has 110 valence electrons. The molecule has 0 N–H and O–H groups in total. The predicted octanol–water partition coefficient (Wildman–Crippen LogP) is 4.57. The predicted molar refractivity (Wildman–Crippen MR) is 77.8 cm³/mol. The molecule has 2 heteroatoms. The number of ether oxygens (including phenoxy) is 1. The third-order valence-corrected chi connectivity index (χ3v) is 5.44. The molecule has 0 saturated heterocycles. The monoisotopic (exact) mass is 266 g/mol. The van der Waals surface area contributed by atoms with Crippen molar-refractivity contribution in [1.82, 2.24) is 0 Å². The van der Waals surface area contributed by atoms with Gasteiger partial charge in [0, 0.05) is 0 Å². The number of hydrogen-bond acceptors (Lipinski definition) is 2. The Labute approximate surface area is 118 Å². The van der Waals surface area contributed by atoms with Crippen molar-refractivity contribution in [3.8, 4) is 0 Å². The van der Waals surface area contributed by atoms with Gasteiger partial charge in [0.25, 0.3) is 0 Å². The molecule has 4 unspecified atom stereocenters. The highest BCUT2D eigenvalue weighted by atomic mass is 16.6. The van der Waals surface area contributed by atoms with E-state index >= 15 is 0 Å². The van der Waals surface area contributed by atoms with Crippen molar-refractivity contribution >= 4 is 5.97 Å². The van der Waals surface area contributed by atoms with Gasteiger partial charge in [0.2, 0.25) is 0 Å². The van der Waals surface area contributed by atoms with Gasteiger partial charge >= 0.3 is 5.97 Å². The van der Waals surface area contributed by atoms with Gasteiger partial charge in [0.15, 0.2) is 0 Å². The van der Waals surface area contributed by atoms with Crippen molar-refractivity contribution in [2.24, 2.45) is 23.2 Å². The molecule has 0 aliphatic heterocycles. The summed E-state index contributed by atoms with van der Waals surface area (Å²) >= 11 is 0. The lowest BCUT2D eigenvalue weighted by molar-refractivity contribution is -0.197. The number of fused-ring (bicyclic) bond motifs is 2. The van der Waals surface area contributed by atoms with E-state index < -0.39 is 5.41 Å². The fourth-order valence-corrected chi connectivity index (χ4v) is 4.27. The summed E-state index contributed by atoms with van der Waals surface area (Å²) in [5, 5.41) is 0. The van der Waals surface area contributed by atoms with E-state index in [0.29, 0.717) is 11.8 Å². The van der Waals surface area contributed by atoms with Crippen molar-refractivity contribution < 1.29 is 9.53 Å². The Morgan fingerprint density at radius 2 is 1.95 bits per heavy atom. The first-order valence-electron chi connectivity index (χ1n) is 8.03. The largest absolute Gasteiger partial charge is 0.458 e. The number of carbonyl (C=O) groups is 1. The summed E-state index contributed by atoms with van der Waals surface area (Å²) in [7, 11) is 0. The first kappa shape index (κ1) is 14.9. The van der Waals surface area contributed by atoms with Crippen LogP contribution in [0, 0.1) is 23.2 Å². The zero-order valence-corrected chi connectivity index (χ0v) is 13.3. The maximum atomic E-state index is 12.4. The first-order valence-corrected chi connectivity index (χ1v) is 8.03. The second-order valence-corrected chi connectivity index (χ2v) is 7.81. The highest BCUT2D eigenvalue weighted by Crippen LogP contribution is 2.52. The summed E-state index contributed by atoms with van der Waals surface area (Å²) in [6, 6.07) is 0. The van der Waals surface area contributed by atoms with Crippen LogP contribution in [0.3, 0.4) is 0 Å². The minimum Gasteiger partial charge on any atom is -0.458 e. The van der Waals surface area contributed by atoms with E-state index in [-0.39, 0.29) is 11.6 Å². The molecule has 2 rings (SSSR count). The van der Waals surface area contributed by atoms with Crippen LogP contribution in [0.25, 0.3) is 0 Å². The van der Waals surface area contributed by atoms with Gasteiger partial charge in [-0.1, -0.05) is 26.7 Å². The van der Waals surface area contributed by atoms with E-state index in [1.54, 1.807) is 0 Å². The van der Waals surface area contributed by atoms with Crippen LogP contribution in [0.2, 0.25) is 0 Å². The molecule has 0 spiro atoms. The zero-order valence-electron chi connectivity index (χ0n) is 13.3. The molecule has 0 aromatic carbocycles. The van der Waals surface area contributed by atoms with Gasteiger partial charge in [-0.05, 0) is 64.2 Å². The van der Waals surface area contributed by atoms with Crippen molar-refractivity contribution in [2.75, 3.05) is 0 Å². The molecule has 0 amide bonds. The Bertz CT molecular complexity index is 340. The average Bonchev–Trinajstić information content (AvgIpc) is 2.33. The van der Waals surface area contributed by atoms with Crippen LogP contribution < -0.4 is 0 Å². The molecule has 0 aromatic heterocycles. The molecule has 0 heterocycles. The fraction of sp³-hybridized carbons (Fsp3) is 0.941. The van der Waals surface area contributed by atoms with Crippen LogP contribution in [-0.2, 0) is 9.53 Å². The van der Waals surface area contributed by atoms with Crippen LogP contribution in [-0.4, -0.2) is 11.6 Å². The highest BCUT2D eigenvalue weighted by molar-refractivity contribution is 5.75. The molecule has 0 aromatic rings. The quantitative estimate of drug-likeness (QED) is 0.684. The number of rotatable bonds is 2. The molecule has 2 aliphatic rings. The fourth-order valence-electron chi connectivity index (χ4n) is 4.27. The Hall–Kier alpha value is -0.530. The summed E-state index contributed by atoms with van der Waals surface area (Å²) in [5.41, 5.74) is -0.589. The summed E-state index contributed by atoms with van der Waals surface area (Å²) < 4.78 is 6.15. The van der Waals surface area contributed by atoms with Gasteiger partial charge in [-0.3, -0.25) is 4.79 Å². The van der Waals surface area contributed by atoms with E-state index in [2.05, 4.69) is 13.8 Å². The number of hydrogen-bond donors (Lipinski definition) is 0. The maximum Gasteiger partial charge on any atom is 0.311 e. The van der Waals surface area contributed by atoms with E-state index in [1.165, 1.54) is 32.1 Å². The van der Waals surface area contributed by atoms with Gasteiger partial charge in [0.05, 0.1) is 5.41 Å².